The fourth-order valence-electron chi connectivity index (χ4n) is 2.70. The molecule has 2 N–H and O–H groups in total. The van der Waals surface area contributed by atoms with Crippen LogP contribution in [0.4, 0.5) is 0 Å². The molecule has 0 spiro atoms. The van der Waals surface area contributed by atoms with Crippen LogP contribution in [0, 0.1) is 12.3 Å². The molecule has 2 rings (SSSR count). The van der Waals surface area contributed by atoms with Crippen LogP contribution in [0.25, 0.3) is 0 Å². The number of nitrogens with one attached hydrogen (secondary N) is 2. The lowest BCUT2D eigenvalue weighted by Gasteiger charge is -2.20. The van der Waals surface area contributed by atoms with Gasteiger partial charge in [0.1, 0.15) is 6.73 Å². The highest BCUT2D eigenvalue weighted by Gasteiger charge is 2.19. The number of aromatic nitrogens is 2. The maximum absolute atomic E-state index is 12.2. The first-order valence-corrected chi connectivity index (χ1v) is 10.2. The van der Waals surface area contributed by atoms with E-state index in [1.165, 1.54) is 16.8 Å². The van der Waals surface area contributed by atoms with Gasteiger partial charge in [-0.15, -0.1) is 6.42 Å². The molecule has 27 heavy (non-hydrogen) atoms. The molecule has 8 nitrogen and oxygen atoms in total. The van der Waals surface area contributed by atoms with Crippen molar-refractivity contribution >= 4 is 10.0 Å². The third-order valence-corrected chi connectivity index (χ3v) is 5.57. The van der Waals surface area contributed by atoms with Gasteiger partial charge in [-0.1, -0.05) is 18.1 Å². The molecule has 0 saturated carbocycles. The first-order chi connectivity index (χ1) is 12.8. The van der Waals surface area contributed by atoms with Crippen LogP contribution in [0.2, 0.25) is 0 Å². The largest absolute Gasteiger partial charge is 0.361 e. The number of H-pyrrole nitrogens is 1. The number of sulfonamides is 1. The standard InChI is InChI=1S/C18H23N3O5S/c1-3-15-7-4-5-8-16(15)14(2)20-27(24,25)12-6-11-26-13-21-10-9-17(22)19-18(21)23/h1,5,8-10,14,20H,4,6-7,11-13H2,2H3,(H,19,22,23)/t14-/m1/s1. The Morgan fingerprint density at radius 3 is 2.93 bits per heavy atom. The lowest BCUT2D eigenvalue weighted by Crippen LogP contribution is -2.36. The molecule has 146 valence electrons. The number of hydrogen-bond donors (Lipinski definition) is 2. The Morgan fingerprint density at radius 1 is 1.44 bits per heavy atom. The fourth-order valence-corrected chi connectivity index (χ4v) is 3.98. The summed E-state index contributed by atoms with van der Waals surface area (Å²) < 4.78 is 33.6. The molecule has 0 aliphatic heterocycles. The predicted octanol–water partition coefficient (Wildman–Crippen LogP) is 0.488. The van der Waals surface area contributed by atoms with E-state index in [1.54, 1.807) is 6.92 Å². The van der Waals surface area contributed by atoms with Crippen LogP contribution in [-0.2, 0) is 21.5 Å². The number of hydrogen-bond acceptors (Lipinski definition) is 5. The highest BCUT2D eigenvalue weighted by atomic mass is 32.2. The number of aromatic amines is 1. The number of nitrogens with zero attached hydrogens (tertiary/aromatic N) is 1. The monoisotopic (exact) mass is 393 g/mol. The molecule has 1 aromatic rings. The molecular formula is C18H23N3O5S. The lowest BCUT2D eigenvalue weighted by atomic mass is 9.94. The molecule has 0 aromatic carbocycles. The van der Waals surface area contributed by atoms with E-state index in [9.17, 15) is 18.0 Å². The van der Waals surface area contributed by atoms with Gasteiger partial charge in [0, 0.05) is 30.5 Å². The molecule has 1 heterocycles. The zero-order valence-corrected chi connectivity index (χ0v) is 15.9. The maximum Gasteiger partial charge on any atom is 0.330 e. The van der Waals surface area contributed by atoms with E-state index < -0.39 is 27.3 Å². The molecule has 0 amide bonds. The second-order valence-corrected chi connectivity index (χ2v) is 8.02. The first kappa shape index (κ1) is 20.9. The van der Waals surface area contributed by atoms with Gasteiger partial charge in [-0.2, -0.15) is 0 Å². The Kier molecular flexibility index (Phi) is 7.36. The van der Waals surface area contributed by atoms with E-state index in [2.05, 4.69) is 15.6 Å². The summed E-state index contributed by atoms with van der Waals surface area (Å²) in [4.78, 5) is 24.6. The molecule has 9 heteroatoms. The Labute approximate surface area is 158 Å². The van der Waals surface area contributed by atoms with Crippen molar-refractivity contribution in [1.82, 2.24) is 14.3 Å². The van der Waals surface area contributed by atoms with E-state index in [4.69, 9.17) is 11.2 Å². The topological polar surface area (TPSA) is 110 Å². The van der Waals surface area contributed by atoms with Crippen molar-refractivity contribution in [2.24, 2.45) is 0 Å². The minimum atomic E-state index is -3.50. The average Bonchev–Trinajstić information content (AvgIpc) is 2.62. The second-order valence-electron chi connectivity index (χ2n) is 6.15. The van der Waals surface area contributed by atoms with Crippen molar-refractivity contribution in [2.45, 2.75) is 39.0 Å². The van der Waals surface area contributed by atoms with Crippen LogP contribution in [0.3, 0.4) is 0 Å². The van der Waals surface area contributed by atoms with Gasteiger partial charge in [-0.3, -0.25) is 14.3 Å². The summed E-state index contributed by atoms with van der Waals surface area (Å²) in [6, 6.07) is 0.803. The van der Waals surface area contributed by atoms with Crippen molar-refractivity contribution in [1.29, 1.82) is 0 Å². The highest BCUT2D eigenvalue weighted by molar-refractivity contribution is 7.89. The first-order valence-electron chi connectivity index (χ1n) is 8.56. The van der Waals surface area contributed by atoms with Crippen LogP contribution >= 0.6 is 0 Å². The minimum absolute atomic E-state index is 0.0668. The van der Waals surface area contributed by atoms with Gasteiger partial charge in [0.15, 0.2) is 0 Å². The maximum atomic E-state index is 12.2. The van der Waals surface area contributed by atoms with Crippen LogP contribution in [0.1, 0.15) is 26.2 Å². The van der Waals surface area contributed by atoms with Crippen molar-refractivity contribution in [3.8, 4) is 12.3 Å². The lowest BCUT2D eigenvalue weighted by molar-refractivity contribution is 0.0744. The number of rotatable bonds is 9. The van der Waals surface area contributed by atoms with Gasteiger partial charge in [-0.25, -0.2) is 17.9 Å². The van der Waals surface area contributed by atoms with Gasteiger partial charge in [-0.05, 0) is 31.8 Å². The quantitative estimate of drug-likeness (QED) is 0.469. The molecule has 1 aromatic heterocycles. The van der Waals surface area contributed by atoms with Gasteiger partial charge >= 0.3 is 5.69 Å². The molecule has 0 radical (unpaired) electrons. The van der Waals surface area contributed by atoms with E-state index >= 15 is 0 Å². The van der Waals surface area contributed by atoms with Gasteiger partial charge in [0.2, 0.25) is 10.0 Å². The van der Waals surface area contributed by atoms with Crippen LogP contribution in [0.5, 0.6) is 0 Å². The van der Waals surface area contributed by atoms with Crippen LogP contribution in [-0.4, -0.2) is 36.4 Å². The molecular weight excluding hydrogens is 370 g/mol. The fraction of sp³-hybridized carbons (Fsp3) is 0.444. The second kappa shape index (κ2) is 9.50. The number of allylic oxidation sites excluding steroid dienone is 2. The summed E-state index contributed by atoms with van der Waals surface area (Å²) in [5, 5.41) is 0. The molecule has 1 atom stereocenters. The van der Waals surface area contributed by atoms with Gasteiger partial charge in [0.25, 0.3) is 5.56 Å². The van der Waals surface area contributed by atoms with Crippen LogP contribution < -0.4 is 16.0 Å². The smallest absolute Gasteiger partial charge is 0.330 e. The summed E-state index contributed by atoms with van der Waals surface area (Å²) in [5.74, 6) is 2.52. The Bertz CT molecular complexity index is 979. The SMILES string of the molecule is C#CC1=C([C@@H](C)NS(=O)(=O)CCCOCn2ccc(=O)[nH]c2=O)C=CCC1. The van der Waals surface area contributed by atoms with Crippen molar-refractivity contribution in [2.75, 3.05) is 12.4 Å². The molecule has 0 unspecified atom stereocenters. The summed E-state index contributed by atoms with van der Waals surface area (Å²) in [7, 11) is -3.50. The third kappa shape index (κ3) is 6.36. The number of terminal acetylenes is 1. The van der Waals surface area contributed by atoms with Gasteiger partial charge < -0.3 is 4.74 Å². The summed E-state index contributed by atoms with van der Waals surface area (Å²) in [6.45, 7) is 1.85. The van der Waals surface area contributed by atoms with E-state index in [-0.39, 0.29) is 25.5 Å². The third-order valence-electron chi connectivity index (χ3n) is 4.03. The zero-order chi connectivity index (χ0) is 19.9. The summed E-state index contributed by atoms with van der Waals surface area (Å²) >= 11 is 0. The Morgan fingerprint density at radius 2 is 2.22 bits per heavy atom. The normalized spacial score (nSPS) is 15.6. The van der Waals surface area contributed by atoms with E-state index in [0.717, 1.165) is 24.0 Å². The molecule has 1 aliphatic carbocycles. The van der Waals surface area contributed by atoms with Crippen molar-refractivity contribution in [3.05, 3.63) is 56.4 Å². The molecule has 0 saturated heterocycles. The zero-order valence-electron chi connectivity index (χ0n) is 15.1. The van der Waals surface area contributed by atoms with Crippen molar-refractivity contribution < 1.29 is 13.2 Å². The summed E-state index contributed by atoms with van der Waals surface area (Å²) in [6.07, 6.45) is 12.5. The number of ether oxygens (including phenoxy) is 1. The van der Waals surface area contributed by atoms with E-state index in [0.29, 0.717) is 0 Å². The molecule has 0 fully saturated rings. The van der Waals surface area contributed by atoms with Crippen LogP contribution in [0.15, 0.2) is 45.2 Å². The summed E-state index contributed by atoms with van der Waals surface area (Å²) in [5.41, 5.74) is 0.575. The Balaban J connectivity index is 1.80. The average molecular weight is 393 g/mol. The van der Waals surface area contributed by atoms with E-state index in [1.807, 2.05) is 12.2 Å². The minimum Gasteiger partial charge on any atom is -0.361 e. The molecule has 0 bridgehead atoms. The van der Waals surface area contributed by atoms with Gasteiger partial charge in [0.05, 0.1) is 5.75 Å². The Hall–Kier alpha value is -2.41. The highest BCUT2D eigenvalue weighted by Crippen LogP contribution is 2.21. The molecule has 1 aliphatic rings. The predicted molar refractivity (Wildman–Crippen MR) is 103 cm³/mol. The van der Waals surface area contributed by atoms with Crippen molar-refractivity contribution in [3.63, 3.8) is 0 Å².